The van der Waals surface area contributed by atoms with Gasteiger partial charge in [-0.3, -0.25) is 24.6 Å². The summed E-state index contributed by atoms with van der Waals surface area (Å²) in [5.74, 6) is -0.172. The molecule has 0 spiro atoms. The summed E-state index contributed by atoms with van der Waals surface area (Å²) in [4.78, 5) is 40.0. The van der Waals surface area contributed by atoms with Crippen LogP contribution in [0.25, 0.3) is 5.57 Å². The van der Waals surface area contributed by atoms with Crippen molar-refractivity contribution in [1.29, 1.82) is 0 Å². The summed E-state index contributed by atoms with van der Waals surface area (Å²) in [6.45, 7) is 8.02. The van der Waals surface area contributed by atoms with Crippen LogP contribution in [0.2, 0.25) is 0 Å². The highest BCUT2D eigenvalue weighted by atomic mass is 16.6. The Hall–Kier alpha value is -3.94. The molecule has 8 nitrogen and oxygen atoms in total. The first kappa shape index (κ1) is 22.3. The predicted octanol–water partition coefficient (Wildman–Crippen LogP) is 4.21. The first-order chi connectivity index (χ1) is 15.9. The molecule has 0 bridgehead atoms. The highest BCUT2D eigenvalue weighted by Gasteiger charge is 2.38. The molecule has 2 amide bonds. The van der Waals surface area contributed by atoms with Gasteiger partial charge in [0.1, 0.15) is 5.70 Å². The van der Waals surface area contributed by atoms with Crippen LogP contribution in [0.4, 0.5) is 17.1 Å². The number of carbonyl (C=O) groups is 2. The van der Waals surface area contributed by atoms with Crippen molar-refractivity contribution in [3.63, 3.8) is 0 Å². The van der Waals surface area contributed by atoms with Crippen molar-refractivity contribution in [1.82, 2.24) is 4.90 Å². The summed E-state index contributed by atoms with van der Waals surface area (Å²) in [6, 6.07) is 13.4. The average Bonchev–Trinajstić information content (AvgIpc) is 3.04. The minimum Gasteiger partial charge on any atom is -0.372 e. The summed E-state index contributed by atoms with van der Waals surface area (Å²) in [7, 11) is 0. The van der Waals surface area contributed by atoms with E-state index < -0.39 is 16.7 Å². The zero-order valence-corrected chi connectivity index (χ0v) is 18.5. The third-order valence-corrected chi connectivity index (χ3v) is 6.13. The molecular weight excluding hydrogens is 420 g/mol. The lowest BCUT2D eigenvalue weighted by molar-refractivity contribution is -0.384. The van der Waals surface area contributed by atoms with Gasteiger partial charge in [0, 0.05) is 43.1 Å². The highest BCUT2D eigenvalue weighted by Crippen LogP contribution is 2.32. The topological polar surface area (TPSA) is 95.8 Å². The van der Waals surface area contributed by atoms with Gasteiger partial charge in [0.2, 0.25) is 0 Å². The van der Waals surface area contributed by atoms with E-state index in [4.69, 9.17) is 0 Å². The van der Waals surface area contributed by atoms with E-state index in [1.54, 1.807) is 0 Å². The maximum absolute atomic E-state index is 13.0. The van der Waals surface area contributed by atoms with E-state index in [0.717, 1.165) is 29.6 Å². The summed E-state index contributed by atoms with van der Waals surface area (Å²) in [5.41, 5.74) is 2.49. The monoisotopic (exact) mass is 446 g/mol. The molecule has 8 heteroatoms. The average molecular weight is 447 g/mol. The van der Waals surface area contributed by atoms with E-state index in [1.807, 2.05) is 24.3 Å². The molecule has 33 heavy (non-hydrogen) atoms. The zero-order valence-electron chi connectivity index (χ0n) is 18.5. The fourth-order valence-corrected chi connectivity index (χ4v) is 4.17. The van der Waals surface area contributed by atoms with E-state index >= 15 is 0 Å². The van der Waals surface area contributed by atoms with Crippen LogP contribution in [0.5, 0.6) is 0 Å². The van der Waals surface area contributed by atoms with Crippen LogP contribution in [0.3, 0.4) is 0 Å². The number of carbonyl (C=O) groups excluding carboxylic acids is 2. The molecule has 0 unspecified atom stereocenters. The standard InChI is InChI=1S/C25H26N4O4/c1-3-14-28-24(30)22(18-4-8-21(9-5-18)29(32)33)23(25(28)31)26-19-6-10-20(11-7-19)27-15-12-17(2)13-16-27/h3-11,17,26H,1,12-16H2,2H3. The van der Waals surface area contributed by atoms with Crippen molar-refractivity contribution in [3.8, 4) is 0 Å². The molecule has 170 valence electrons. The van der Waals surface area contributed by atoms with Gasteiger partial charge in [-0.15, -0.1) is 6.58 Å². The van der Waals surface area contributed by atoms with Crippen LogP contribution < -0.4 is 10.2 Å². The maximum Gasteiger partial charge on any atom is 0.278 e. The molecule has 2 aromatic rings. The lowest BCUT2D eigenvalue weighted by Crippen LogP contribution is -2.32. The number of nitro benzene ring substituents is 1. The molecule has 1 fully saturated rings. The molecule has 2 aliphatic rings. The second-order valence-corrected chi connectivity index (χ2v) is 8.41. The Bertz CT molecular complexity index is 1110. The molecule has 0 aromatic heterocycles. The van der Waals surface area contributed by atoms with Crippen LogP contribution in [-0.4, -0.2) is 41.3 Å². The van der Waals surface area contributed by atoms with Crippen LogP contribution in [0.15, 0.2) is 66.9 Å². The van der Waals surface area contributed by atoms with Gasteiger partial charge < -0.3 is 10.2 Å². The maximum atomic E-state index is 13.0. The third kappa shape index (κ3) is 4.50. The molecule has 1 saturated heterocycles. The first-order valence-corrected chi connectivity index (χ1v) is 11.0. The third-order valence-electron chi connectivity index (χ3n) is 6.13. The molecule has 2 aliphatic heterocycles. The molecule has 4 rings (SSSR count). The van der Waals surface area contributed by atoms with E-state index in [1.165, 1.54) is 43.2 Å². The molecule has 0 atom stereocenters. The smallest absolute Gasteiger partial charge is 0.278 e. The molecular formula is C25H26N4O4. The number of benzene rings is 2. The van der Waals surface area contributed by atoms with Crippen LogP contribution in [0, 0.1) is 16.0 Å². The van der Waals surface area contributed by atoms with Crippen molar-refractivity contribution < 1.29 is 14.5 Å². The van der Waals surface area contributed by atoms with Crippen LogP contribution in [-0.2, 0) is 9.59 Å². The number of anilines is 2. The van der Waals surface area contributed by atoms with E-state index in [-0.39, 0.29) is 23.5 Å². The van der Waals surface area contributed by atoms with Gasteiger partial charge in [0.05, 0.1) is 10.5 Å². The van der Waals surface area contributed by atoms with Gasteiger partial charge in [-0.05, 0) is 60.7 Å². The minimum atomic E-state index is -0.506. The number of imide groups is 1. The SMILES string of the molecule is C=CCN1C(=O)C(Nc2ccc(N3CCC(C)CC3)cc2)=C(c2ccc([N+](=O)[O-])cc2)C1=O. The molecule has 2 heterocycles. The summed E-state index contributed by atoms with van der Waals surface area (Å²) < 4.78 is 0. The zero-order chi connectivity index (χ0) is 23.5. The minimum absolute atomic E-state index is 0.0750. The van der Waals surface area contributed by atoms with E-state index in [2.05, 4.69) is 23.7 Å². The molecule has 1 N–H and O–H groups in total. The number of piperidine rings is 1. The fraction of sp³-hybridized carbons (Fsp3) is 0.280. The van der Waals surface area contributed by atoms with Crippen molar-refractivity contribution in [3.05, 3.63) is 82.6 Å². The number of amides is 2. The Morgan fingerprint density at radius 1 is 1.06 bits per heavy atom. The lowest BCUT2D eigenvalue weighted by atomic mass is 9.99. The van der Waals surface area contributed by atoms with Crippen LogP contribution in [0.1, 0.15) is 25.3 Å². The summed E-state index contributed by atoms with van der Waals surface area (Å²) in [6.07, 6.45) is 3.82. The highest BCUT2D eigenvalue weighted by molar-refractivity contribution is 6.36. The van der Waals surface area contributed by atoms with E-state index in [9.17, 15) is 19.7 Å². The second kappa shape index (κ2) is 9.28. The number of nitro groups is 1. The number of nitrogens with one attached hydrogen (secondary N) is 1. The van der Waals surface area contributed by atoms with Gasteiger partial charge in [-0.25, -0.2) is 0 Å². The van der Waals surface area contributed by atoms with Crippen molar-refractivity contribution in [2.75, 3.05) is 29.9 Å². The van der Waals surface area contributed by atoms with Gasteiger partial charge in [0.15, 0.2) is 0 Å². The molecule has 0 saturated carbocycles. The predicted molar refractivity (Wildman–Crippen MR) is 128 cm³/mol. The Morgan fingerprint density at radius 3 is 2.27 bits per heavy atom. The fourth-order valence-electron chi connectivity index (χ4n) is 4.17. The molecule has 0 radical (unpaired) electrons. The Morgan fingerprint density at radius 2 is 1.70 bits per heavy atom. The van der Waals surface area contributed by atoms with Crippen molar-refractivity contribution >= 4 is 34.4 Å². The first-order valence-electron chi connectivity index (χ1n) is 11.0. The number of hydrogen-bond acceptors (Lipinski definition) is 6. The van der Waals surface area contributed by atoms with Crippen molar-refractivity contribution in [2.45, 2.75) is 19.8 Å². The molecule has 2 aromatic carbocycles. The number of rotatable bonds is 7. The van der Waals surface area contributed by atoms with Gasteiger partial charge >= 0.3 is 0 Å². The second-order valence-electron chi connectivity index (χ2n) is 8.41. The Labute approximate surface area is 192 Å². The number of non-ortho nitro benzene ring substituents is 1. The van der Waals surface area contributed by atoms with Gasteiger partial charge in [0.25, 0.3) is 17.5 Å². The Kier molecular flexibility index (Phi) is 6.26. The van der Waals surface area contributed by atoms with Crippen molar-refractivity contribution in [2.24, 2.45) is 5.92 Å². The molecule has 0 aliphatic carbocycles. The Balaban J connectivity index is 1.63. The quantitative estimate of drug-likeness (QED) is 0.296. The largest absolute Gasteiger partial charge is 0.372 e. The van der Waals surface area contributed by atoms with E-state index in [0.29, 0.717) is 11.3 Å². The number of nitrogens with zero attached hydrogens (tertiary/aromatic N) is 3. The lowest BCUT2D eigenvalue weighted by Gasteiger charge is -2.32. The van der Waals surface area contributed by atoms with Gasteiger partial charge in [-0.1, -0.05) is 13.0 Å². The van der Waals surface area contributed by atoms with Gasteiger partial charge in [-0.2, -0.15) is 0 Å². The summed E-state index contributed by atoms with van der Waals surface area (Å²) >= 11 is 0. The normalized spacial score (nSPS) is 17.0. The van der Waals surface area contributed by atoms with Crippen LogP contribution >= 0.6 is 0 Å². The summed E-state index contributed by atoms with van der Waals surface area (Å²) in [5, 5.41) is 14.1. The number of hydrogen-bond donors (Lipinski definition) is 1.